The molecule has 0 unspecified atom stereocenters. The Hall–Kier alpha value is -2.06. The van der Waals surface area contributed by atoms with Crippen LogP contribution in [0, 0.1) is 0 Å². The number of benzene rings is 1. The molecule has 1 aliphatic rings. The fraction of sp³-hybridized carbons (Fsp3) is 0.312. The van der Waals surface area contributed by atoms with Crippen molar-refractivity contribution in [1.82, 2.24) is 4.90 Å². The second-order valence-corrected chi connectivity index (χ2v) is 6.54. The molecule has 24 heavy (non-hydrogen) atoms. The fourth-order valence-electron chi connectivity index (χ4n) is 2.18. The zero-order valence-corrected chi connectivity index (χ0v) is 15.3. The number of nitrogens with zero attached hydrogens (tertiary/aromatic N) is 1. The van der Waals surface area contributed by atoms with E-state index in [-0.39, 0.29) is 5.91 Å². The fourth-order valence-corrected chi connectivity index (χ4v) is 3.60. The van der Waals surface area contributed by atoms with Crippen LogP contribution in [-0.2, 0) is 14.3 Å². The van der Waals surface area contributed by atoms with Gasteiger partial charge in [0.25, 0.3) is 5.91 Å². The topological polar surface area (TPSA) is 65.1 Å². The average Bonchev–Trinajstić information content (AvgIpc) is 2.86. The van der Waals surface area contributed by atoms with Crippen LogP contribution in [0.25, 0.3) is 6.08 Å². The minimum Gasteiger partial charge on any atom is -0.493 e. The molecule has 1 atom stereocenters. The third-order valence-electron chi connectivity index (χ3n) is 3.46. The number of hydrogen-bond acceptors (Lipinski definition) is 7. The van der Waals surface area contributed by atoms with E-state index < -0.39 is 12.0 Å². The van der Waals surface area contributed by atoms with Crippen molar-refractivity contribution >= 4 is 46.3 Å². The van der Waals surface area contributed by atoms with Crippen molar-refractivity contribution in [2.45, 2.75) is 13.0 Å². The van der Waals surface area contributed by atoms with Crippen LogP contribution in [0.3, 0.4) is 0 Å². The molecule has 0 bridgehead atoms. The lowest BCUT2D eigenvalue weighted by Crippen LogP contribution is -2.42. The Bertz CT molecular complexity index is 716. The molecule has 0 aromatic heterocycles. The Morgan fingerprint density at radius 3 is 2.50 bits per heavy atom. The number of carbonyl (C=O) groups excluding carboxylic acids is 2. The molecule has 0 radical (unpaired) electrons. The standard InChI is InChI=1S/C16H17NO5S2/c1-9(15(19)22-4)17-14(18)13(24-16(17)23)8-10-5-6-11(20-2)12(7-10)21-3/h5-9H,1-4H3/b13-8-/t9-/m0/s1. The highest BCUT2D eigenvalue weighted by Gasteiger charge is 2.38. The SMILES string of the molecule is COC(=O)[C@H](C)N1C(=O)/C(=C/c2ccc(OC)c(OC)c2)SC1=S. The predicted molar refractivity (Wildman–Crippen MR) is 96.0 cm³/mol. The molecular weight excluding hydrogens is 350 g/mol. The minimum atomic E-state index is -0.765. The lowest BCUT2D eigenvalue weighted by molar-refractivity contribution is -0.147. The number of hydrogen-bond donors (Lipinski definition) is 0. The van der Waals surface area contributed by atoms with Gasteiger partial charge in [0.2, 0.25) is 0 Å². The highest BCUT2D eigenvalue weighted by molar-refractivity contribution is 8.26. The molecule has 1 fully saturated rings. The van der Waals surface area contributed by atoms with Crippen LogP contribution in [-0.4, -0.2) is 48.5 Å². The largest absolute Gasteiger partial charge is 0.493 e. The normalized spacial score (nSPS) is 17.2. The lowest BCUT2D eigenvalue weighted by atomic mass is 10.1. The zero-order chi connectivity index (χ0) is 17.9. The van der Waals surface area contributed by atoms with Gasteiger partial charge >= 0.3 is 5.97 Å². The van der Waals surface area contributed by atoms with E-state index in [1.165, 1.54) is 12.0 Å². The minimum absolute atomic E-state index is 0.322. The van der Waals surface area contributed by atoms with Gasteiger partial charge in [-0.2, -0.15) is 0 Å². The van der Waals surface area contributed by atoms with Gasteiger partial charge in [-0.15, -0.1) is 0 Å². The number of ether oxygens (including phenoxy) is 3. The van der Waals surface area contributed by atoms with Crippen molar-refractivity contribution in [3.63, 3.8) is 0 Å². The maximum absolute atomic E-state index is 12.5. The number of amides is 1. The van der Waals surface area contributed by atoms with Gasteiger partial charge in [-0.25, -0.2) is 4.79 Å². The second kappa shape index (κ2) is 7.67. The van der Waals surface area contributed by atoms with Crippen LogP contribution < -0.4 is 9.47 Å². The molecule has 6 nitrogen and oxygen atoms in total. The summed E-state index contributed by atoms with van der Waals surface area (Å²) >= 11 is 6.36. The first-order valence-electron chi connectivity index (χ1n) is 6.99. The van der Waals surface area contributed by atoms with E-state index in [1.54, 1.807) is 45.4 Å². The van der Waals surface area contributed by atoms with Gasteiger partial charge in [0.05, 0.1) is 26.2 Å². The summed E-state index contributed by atoms with van der Waals surface area (Å²) in [6.45, 7) is 1.58. The van der Waals surface area contributed by atoms with Gasteiger partial charge in [-0.3, -0.25) is 9.69 Å². The van der Waals surface area contributed by atoms with E-state index in [0.29, 0.717) is 20.7 Å². The second-order valence-electron chi connectivity index (χ2n) is 4.87. The summed E-state index contributed by atoms with van der Waals surface area (Å²) in [5.74, 6) is 0.322. The van der Waals surface area contributed by atoms with E-state index in [2.05, 4.69) is 4.74 Å². The summed E-state index contributed by atoms with van der Waals surface area (Å²) in [5, 5.41) is 0. The Labute approximate surface area is 149 Å². The van der Waals surface area contributed by atoms with Gasteiger partial charge in [0.1, 0.15) is 10.4 Å². The van der Waals surface area contributed by atoms with Crippen LogP contribution in [0.2, 0.25) is 0 Å². The van der Waals surface area contributed by atoms with Crippen molar-refractivity contribution < 1.29 is 23.8 Å². The number of methoxy groups -OCH3 is 3. The van der Waals surface area contributed by atoms with E-state index in [1.807, 2.05) is 0 Å². The Morgan fingerprint density at radius 2 is 1.92 bits per heavy atom. The molecule has 1 saturated heterocycles. The molecule has 1 aliphatic heterocycles. The monoisotopic (exact) mass is 367 g/mol. The van der Waals surface area contributed by atoms with Crippen LogP contribution >= 0.6 is 24.0 Å². The summed E-state index contributed by atoms with van der Waals surface area (Å²) in [4.78, 5) is 25.9. The van der Waals surface area contributed by atoms with E-state index in [0.717, 1.165) is 17.3 Å². The van der Waals surface area contributed by atoms with Crippen molar-refractivity contribution in [3.8, 4) is 11.5 Å². The van der Waals surface area contributed by atoms with Crippen molar-refractivity contribution in [1.29, 1.82) is 0 Å². The molecular formula is C16H17NO5S2. The smallest absolute Gasteiger partial charge is 0.328 e. The molecule has 1 aromatic carbocycles. The van der Waals surface area contributed by atoms with Crippen LogP contribution in [0.15, 0.2) is 23.1 Å². The summed E-state index contributed by atoms with van der Waals surface area (Å²) in [5.41, 5.74) is 0.763. The van der Waals surface area contributed by atoms with Gasteiger partial charge in [0.15, 0.2) is 11.5 Å². The quantitative estimate of drug-likeness (QED) is 0.450. The molecule has 1 aromatic rings. The maximum Gasteiger partial charge on any atom is 0.328 e. The third-order valence-corrected chi connectivity index (χ3v) is 4.79. The average molecular weight is 367 g/mol. The molecule has 8 heteroatoms. The Balaban J connectivity index is 2.30. The van der Waals surface area contributed by atoms with Gasteiger partial charge < -0.3 is 14.2 Å². The first-order chi connectivity index (χ1) is 11.4. The number of thioether (sulfide) groups is 1. The number of rotatable bonds is 5. The maximum atomic E-state index is 12.5. The van der Waals surface area contributed by atoms with Crippen LogP contribution in [0.5, 0.6) is 11.5 Å². The van der Waals surface area contributed by atoms with E-state index in [4.69, 9.17) is 21.7 Å². The highest BCUT2D eigenvalue weighted by Crippen LogP contribution is 2.35. The van der Waals surface area contributed by atoms with Crippen molar-refractivity contribution in [2.24, 2.45) is 0 Å². The molecule has 0 aliphatic carbocycles. The third kappa shape index (κ3) is 3.54. The van der Waals surface area contributed by atoms with Gasteiger partial charge in [-0.05, 0) is 30.7 Å². The first kappa shape index (κ1) is 18.3. The van der Waals surface area contributed by atoms with Gasteiger partial charge in [0, 0.05) is 0 Å². The molecule has 0 spiro atoms. The number of carbonyl (C=O) groups is 2. The zero-order valence-electron chi connectivity index (χ0n) is 13.7. The van der Waals surface area contributed by atoms with E-state index >= 15 is 0 Å². The van der Waals surface area contributed by atoms with Crippen LogP contribution in [0.4, 0.5) is 0 Å². The molecule has 1 amide bonds. The Morgan fingerprint density at radius 1 is 1.25 bits per heavy atom. The molecule has 0 saturated carbocycles. The predicted octanol–water partition coefficient (Wildman–Crippen LogP) is 2.47. The summed E-state index contributed by atoms with van der Waals surface area (Å²) in [7, 11) is 4.37. The van der Waals surface area contributed by atoms with Crippen molar-refractivity contribution in [2.75, 3.05) is 21.3 Å². The first-order valence-corrected chi connectivity index (χ1v) is 8.22. The number of thiocarbonyl (C=S) groups is 1. The molecule has 2 rings (SSSR count). The molecule has 1 heterocycles. The van der Waals surface area contributed by atoms with E-state index in [9.17, 15) is 9.59 Å². The molecule has 128 valence electrons. The Kier molecular flexibility index (Phi) is 5.84. The summed E-state index contributed by atoms with van der Waals surface area (Å²) in [6.07, 6.45) is 1.70. The van der Waals surface area contributed by atoms with Crippen molar-refractivity contribution in [3.05, 3.63) is 28.7 Å². The highest BCUT2D eigenvalue weighted by atomic mass is 32.2. The van der Waals surface area contributed by atoms with Gasteiger partial charge in [-0.1, -0.05) is 30.0 Å². The number of esters is 1. The van der Waals surface area contributed by atoms with Crippen LogP contribution in [0.1, 0.15) is 12.5 Å². The summed E-state index contributed by atoms with van der Waals surface area (Å²) < 4.78 is 15.4. The summed E-state index contributed by atoms with van der Waals surface area (Å²) in [6, 6.07) is 4.55. The lowest BCUT2D eigenvalue weighted by Gasteiger charge is -2.20. The molecule has 0 N–H and O–H groups in total.